The minimum atomic E-state index is -0.482. The van der Waals surface area contributed by atoms with Gasteiger partial charge in [-0.3, -0.25) is 9.59 Å². The van der Waals surface area contributed by atoms with Crippen LogP contribution in [0.25, 0.3) is 0 Å². The summed E-state index contributed by atoms with van der Waals surface area (Å²) < 4.78 is 5.55. The lowest BCUT2D eigenvalue weighted by atomic mass is 9.95. The summed E-state index contributed by atoms with van der Waals surface area (Å²) in [7, 11) is 0. The van der Waals surface area contributed by atoms with E-state index in [0.717, 1.165) is 41.7 Å². The first-order chi connectivity index (χ1) is 12.0. The highest BCUT2D eigenvalue weighted by Gasteiger charge is 2.24. The van der Waals surface area contributed by atoms with Gasteiger partial charge in [-0.25, -0.2) is 0 Å². The van der Waals surface area contributed by atoms with Gasteiger partial charge in [-0.05, 0) is 68.4 Å². The lowest BCUT2D eigenvalue weighted by Crippen LogP contribution is -2.22. The number of amides is 2. The van der Waals surface area contributed by atoms with Crippen molar-refractivity contribution in [1.82, 2.24) is 0 Å². The molecule has 0 bridgehead atoms. The molecule has 1 aliphatic rings. The number of hydrogen-bond acceptors (Lipinski definition) is 4. The third-order valence-corrected chi connectivity index (χ3v) is 5.73. The highest BCUT2D eigenvalue weighted by molar-refractivity contribution is 7.17. The SMILES string of the molecule is Cc1ccc(OCC(=O)Nc2sc3c(c2C(N)=O)CCCC3)cc1C. The quantitative estimate of drug-likeness (QED) is 0.860. The van der Waals surface area contributed by atoms with E-state index >= 15 is 0 Å². The highest BCUT2D eigenvalue weighted by Crippen LogP contribution is 2.37. The molecule has 132 valence electrons. The van der Waals surface area contributed by atoms with Crippen LogP contribution in [-0.2, 0) is 17.6 Å². The molecule has 0 aliphatic heterocycles. The molecule has 1 aromatic heterocycles. The number of benzene rings is 1. The fraction of sp³-hybridized carbons (Fsp3) is 0.368. The molecule has 0 spiro atoms. The van der Waals surface area contributed by atoms with E-state index in [2.05, 4.69) is 5.32 Å². The van der Waals surface area contributed by atoms with Gasteiger partial charge in [-0.15, -0.1) is 11.3 Å². The third kappa shape index (κ3) is 3.85. The van der Waals surface area contributed by atoms with Crippen molar-refractivity contribution >= 4 is 28.2 Å². The first kappa shape index (κ1) is 17.5. The van der Waals surface area contributed by atoms with Crippen LogP contribution in [0, 0.1) is 13.8 Å². The Morgan fingerprint density at radius 2 is 1.96 bits per heavy atom. The Kier molecular flexibility index (Phi) is 5.08. The minimum absolute atomic E-state index is 0.108. The Balaban J connectivity index is 1.69. The molecule has 1 aliphatic carbocycles. The number of ether oxygens (including phenoxy) is 1. The molecule has 1 heterocycles. The molecule has 3 N–H and O–H groups in total. The molecule has 0 unspecified atom stereocenters. The number of hydrogen-bond donors (Lipinski definition) is 2. The molecular formula is C19H22N2O3S. The van der Waals surface area contributed by atoms with Crippen LogP contribution < -0.4 is 15.8 Å². The molecule has 3 rings (SSSR count). The molecule has 2 aromatic rings. The van der Waals surface area contributed by atoms with E-state index in [0.29, 0.717) is 16.3 Å². The monoisotopic (exact) mass is 358 g/mol. The Hall–Kier alpha value is -2.34. The fourth-order valence-electron chi connectivity index (χ4n) is 3.03. The largest absolute Gasteiger partial charge is 0.484 e. The van der Waals surface area contributed by atoms with Gasteiger partial charge in [0, 0.05) is 4.88 Å². The predicted octanol–water partition coefficient (Wildman–Crippen LogP) is 3.36. The van der Waals surface area contributed by atoms with Gasteiger partial charge in [0.25, 0.3) is 11.8 Å². The smallest absolute Gasteiger partial charge is 0.262 e. The molecule has 0 saturated carbocycles. The summed E-state index contributed by atoms with van der Waals surface area (Å²) in [6.07, 6.45) is 3.94. The van der Waals surface area contributed by atoms with Crippen LogP contribution in [0.2, 0.25) is 0 Å². The van der Waals surface area contributed by atoms with Crippen LogP contribution in [0.1, 0.15) is 44.8 Å². The zero-order chi connectivity index (χ0) is 18.0. The summed E-state index contributed by atoms with van der Waals surface area (Å²) in [5.41, 5.74) is 9.30. The first-order valence-corrected chi connectivity index (χ1v) is 9.21. The van der Waals surface area contributed by atoms with Crippen molar-refractivity contribution in [3.63, 3.8) is 0 Å². The van der Waals surface area contributed by atoms with Gasteiger partial charge in [0.2, 0.25) is 0 Å². The van der Waals surface area contributed by atoms with E-state index in [-0.39, 0.29) is 12.5 Å². The normalized spacial score (nSPS) is 13.2. The number of thiophene rings is 1. The van der Waals surface area contributed by atoms with E-state index in [4.69, 9.17) is 10.5 Å². The third-order valence-electron chi connectivity index (χ3n) is 4.52. The highest BCUT2D eigenvalue weighted by atomic mass is 32.1. The van der Waals surface area contributed by atoms with Crippen molar-refractivity contribution in [2.45, 2.75) is 39.5 Å². The van der Waals surface area contributed by atoms with Crippen LogP contribution in [-0.4, -0.2) is 18.4 Å². The average Bonchev–Trinajstić information content (AvgIpc) is 2.93. The standard InChI is InChI=1S/C19H22N2O3S/c1-11-7-8-13(9-12(11)2)24-10-16(22)21-19-17(18(20)23)14-5-3-4-6-15(14)25-19/h7-9H,3-6,10H2,1-2H3,(H2,20,23)(H,21,22). The Morgan fingerprint density at radius 1 is 1.20 bits per heavy atom. The summed E-state index contributed by atoms with van der Waals surface area (Å²) in [6.45, 7) is 3.91. The van der Waals surface area contributed by atoms with Gasteiger partial charge in [0.1, 0.15) is 10.8 Å². The predicted molar refractivity (Wildman–Crippen MR) is 99.5 cm³/mol. The number of primary amides is 1. The van der Waals surface area contributed by atoms with E-state index in [9.17, 15) is 9.59 Å². The van der Waals surface area contributed by atoms with E-state index in [1.54, 1.807) is 0 Å². The Bertz CT molecular complexity index is 826. The lowest BCUT2D eigenvalue weighted by Gasteiger charge is -2.11. The molecule has 6 heteroatoms. The number of rotatable bonds is 5. The molecule has 25 heavy (non-hydrogen) atoms. The number of nitrogens with two attached hydrogens (primary N) is 1. The molecule has 0 fully saturated rings. The average molecular weight is 358 g/mol. The molecule has 5 nitrogen and oxygen atoms in total. The van der Waals surface area contributed by atoms with Gasteiger partial charge in [-0.2, -0.15) is 0 Å². The number of fused-ring (bicyclic) bond motifs is 1. The number of anilines is 1. The van der Waals surface area contributed by atoms with Crippen molar-refractivity contribution in [1.29, 1.82) is 0 Å². The maximum Gasteiger partial charge on any atom is 0.262 e. The topological polar surface area (TPSA) is 81.4 Å². The second-order valence-corrected chi connectivity index (χ2v) is 7.47. The van der Waals surface area contributed by atoms with E-state index in [1.807, 2.05) is 32.0 Å². The van der Waals surface area contributed by atoms with Crippen molar-refractivity contribution in [3.8, 4) is 5.75 Å². The van der Waals surface area contributed by atoms with Crippen LogP contribution in [0.15, 0.2) is 18.2 Å². The maximum absolute atomic E-state index is 12.2. The van der Waals surface area contributed by atoms with Crippen LogP contribution in [0.5, 0.6) is 5.75 Å². The molecule has 0 radical (unpaired) electrons. The summed E-state index contributed by atoms with van der Waals surface area (Å²) in [6, 6.07) is 5.71. The van der Waals surface area contributed by atoms with Crippen molar-refractivity contribution < 1.29 is 14.3 Å². The zero-order valence-electron chi connectivity index (χ0n) is 14.5. The minimum Gasteiger partial charge on any atom is -0.484 e. The Morgan fingerprint density at radius 3 is 2.68 bits per heavy atom. The van der Waals surface area contributed by atoms with Crippen molar-refractivity contribution in [2.24, 2.45) is 5.73 Å². The maximum atomic E-state index is 12.2. The zero-order valence-corrected chi connectivity index (χ0v) is 15.3. The molecule has 1 aromatic carbocycles. The number of aryl methyl sites for hydroxylation is 3. The summed E-state index contributed by atoms with van der Waals surface area (Å²) >= 11 is 1.46. The summed E-state index contributed by atoms with van der Waals surface area (Å²) in [4.78, 5) is 25.2. The first-order valence-electron chi connectivity index (χ1n) is 8.40. The molecule has 2 amide bonds. The summed E-state index contributed by atoms with van der Waals surface area (Å²) in [5.74, 6) is -0.122. The van der Waals surface area contributed by atoms with Crippen LogP contribution >= 0.6 is 11.3 Å². The summed E-state index contributed by atoms with van der Waals surface area (Å²) in [5, 5.41) is 3.35. The van der Waals surface area contributed by atoms with Gasteiger partial charge in [-0.1, -0.05) is 6.07 Å². The van der Waals surface area contributed by atoms with E-state index in [1.165, 1.54) is 16.9 Å². The second-order valence-electron chi connectivity index (χ2n) is 6.36. The molecule has 0 saturated heterocycles. The lowest BCUT2D eigenvalue weighted by molar-refractivity contribution is -0.118. The Labute approximate surface area is 151 Å². The van der Waals surface area contributed by atoms with Crippen LogP contribution in [0.3, 0.4) is 0 Å². The van der Waals surface area contributed by atoms with E-state index < -0.39 is 5.91 Å². The van der Waals surface area contributed by atoms with Gasteiger partial charge >= 0.3 is 0 Å². The van der Waals surface area contributed by atoms with Gasteiger partial charge in [0.05, 0.1) is 5.56 Å². The van der Waals surface area contributed by atoms with Crippen LogP contribution in [0.4, 0.5) is 5.00 Å². The molecular weight excluding hydrogens is 336 g/mol. The number of carbonyl (C=O) groups excluding carboxylic acids is 2. The number of nitrogens with one attached hydrogen (secondary N) is 1. The second kappa shape index (κ2) is 7.27. The van der Waals surface area contributed by atoms with Gasteiger partial charge < -0.3 is 15.8 Å². The molecule has 0 atom stereocenters. The van der Waals surface area contributed by atoms with Gasteiger partial charge in [0.15, 0.2) is 6.61 Å². The number of carbonyl (C=O) groups is 2. The fourth-order valence-corrected chi connectivity index (χ4v) is 4.34. The van der Waals surface area contributed by atoms with Crippen molar-refractivity contribution in [2.75, 3.05) is 11.9 Å². The van der Waals surface area contributed by atoms with Crippen molar-refractivity contribution in [3.05, 3.63) is 45.3 Å².